The summed E-state index contributed by atoms with van der Waals surface area (Å²) in [6, 6.07) is 8.14. The van der Waals surface area contributed by atoms with Crippen LogP contribution in [-0.2, 0) is 22.8 Å². The van der Waals surface area contributed by atoms with Gasteiger partial charge in [-0.2, -0.15) is 13.2 Å². The Labute approximate surface area is 237 Å². The molecule has 7 rings (SSSR count). The van der Waals surface area contributed by atoms with E-state index in [9.17, 15) is 23.1 Å². The number of alkyl halides is 3. The standard InChI is InChI=1S/C32H33F3N2O4/c1-36(26(38)12-7-19-5-9-22(10-6-19)32(33,34)35)23-13-14-31(39)25-17-21-8-11-24(40-2)28-27(21)30(31,29(23)41-28)15-16-37(25)18-20-3-4-20/h5-6,8-11,20,23,25,29,39H,3-4,13-18H2,1-2H3/t23-,25-,29+,30+,31-/m1/s1. The van der Waals surface area contributed by atoms with E-state index in [0.29, 0.717) is 35.8 Å². The number of likely N-dealkylation sites (N-methyl/N-ethyl adjacent to an activating group) is 1. The van der Waals surface area contributed by atoms with Crippen molar-refractivity contribution < 1.29 is 32.5 Å². The molecule has 2 heterocycles. The Kier molecular flexibility index (Phi) is 5.94. The van der Waals surface area contributed by atoms with Crippen LogP contribution < -0.4 is 9.47 Å². The van der Waals surface area contributed by atoms with Crippen LogP contribution >= 0.6 is 0 Å². The number of carbonyl (C=O) groups excluding carboxylic acids is 1. The summed E-state index contributed by atoms with van der Waals surface area (Å²) in [5.74, 6) is 6.90. The third-order valence-electron chi connectivity index (χ3n) is 10.3. The second kappa shape index (κ2) is 9.14. The molecule has 1 saturated heterocycles. The van der Waals surface area contributed by atoms with Gasteiger partial charge >= 0.3 is 6.18 Å². The fourth-order valence-corrected chi connectivity index (χ4v) is 8.11. The average Bonchev–Trinajstić information content (AvgIpc) is 3.70. The molecule has 2 aromatic rings. The van der Waals surface area contributed by atoms with Gasteiger partial charge < -0.3 is 19.5 Å². The molecule has 0 radical (unpaired) electrons. The van der Waals surface area contributed by atoms with E-state index in [1.54, 1.807) is 19.1 Å². The number of hydrogen-bond donors (Lipinski definition) is 1. The van der Waals surface area contributed by atoms with Crippen molar-refractivity contribution in [2.45, 2.75) is 73.9 Å². The molecule has 3 fully saturated rings. The molecule has 3 aliphatic carbocycles. The number of halogens is 3. The predicted octanol–water partition coefficient (Wildman–Crippen LogP) is 4.16. The number of nitrogens with zero attached hydrogens (tertiary/aromatic N) is 2. The topological polar surface area (TPSA) is 62.2 Å². The van der Waals surface area contributed by atoms with E-state index in [1.165, 1.54) is 30.5 Å². The van der Waals surface area contributed by atoms with Crippen LogP contribution in [0.25, 0.3) is 0 Å². The Morgan fingerprint density at radius 3 is 2.61 bits per heavy atom. The number of rotatable bonds is 4. The van der Waals surface area contributed by atoms with Gasteiger partial charge in [-0.3, -0.25) is 9.69 Å². The summed E-state index contributed by atoms with van der Waals surface area (Å²) in [6.07, 6.45) is 0.149. The normalized spacial score (nSPS) is 31.4. The van der Waals surface area contributed by atoms with Crippen molar-refractivity contribution in [1.82, 2.24) is 9.80 Å². The molecule has 216 valence electrons. The lowest BCUT2D eigenvalue weighted by Crippen LogP contribution is -2.78. The van der Waals surface area contributed by atoms with Gasteiger partial charge in [0.25, 0.3) is 5.91 Å². The number of piperidine rings is 1. The van der Waals surface area contributed by atoms with Crippen molar-refractivity contribution in [3.8, 4) is 23.3 Å². The zero-order valence-corrected chi connectivity index (χ0v) is 23.1. The molecule has 6 nitrogen and oxygen atoms in total. The maximum absolute atomic E-state index is 13.3. The summed E-state index contributed by atoms with van der Waals surface area (Å²) in [7, 11) is 3.31. The molecule has 2 aromatic carbocycles. The zero-order valence-electron chi connectivity index (χ0n) is 23.1. The van der Waals surface area contributed by atoms with Gasteiger partial charge in [-0.15, -0.1) is 0 Å². The Balaban J connectivity index is 1.22. The van der Waals surface area contributed by atoms with Crippen molar-refractivity contribution in [2.24, 2.45) is 5.92 Å². The zero-order chi connectivity index (χ0) is 28.7. The highest BCUT2D eigenvalue weighted by atomic mass is 19.4. The Hall–Kier alpha value is -3.22. The molecule has 5 atom stereocenters. The minimum atomic E-state index is -4.43. The monoisotopic (exact) mass is 566 g/mol. The number of hydrogen-bond acceptors (Lipinski definition) is 5. The van der Waals surface area contributed by atoms with E-state index in [2.05, 4.69) is 22.8 Å². The van der Waals surface area contributed by atoms with Crippen LogP contribution in [0.2, 0.25) is 0 Å². The van der Waals surface area contributed by atoms with Gasteiger partial charge in [0.05, 0.1) is 29.7 Å². The molecule has 2 bridgehead atoms. The highest BCUT2D eigenvalue weighted by Crippen LogP contribution is 2.66. The average molecular weight is 567 g/mol. The van der Waals surface area contributed by atoms with Gasteiger partial charge in [-0.1, -0.05) is 12.0 Å². The highest BCUT2D eigenvalue weighted by Gasteiger charge is 2.73. The molecule has 1 spiro atoms. The van der Waals surface area contributed by atoms with Crippen molar-refractivity contribution in [3.63, 3.8) is 0 Å². The van der Waals surface area contributed by atoms with Crippen LogP contribution in [0.4, 0.5) is 13.2 Å². The van der Waals surface area contributed by atoms with E-state index in [1.807, 2.05) is 6.07 Å². The van der Waals surface area contributed by atoms with Crippen molar-refractivity contribution >= 4 is 5.91 Å². The number of likely N-dealkylation sites (tertiary alicyclic amines) is 1. The number of aliphatic hydroxyl groups is 1. The first kappa shape index (κ1) is 26.7. The summed E-state index contributed by atoms with van der Waals surface area (Å²) in [4.78, 5) is 17.4. The summed E-state index contributed by atoms with van der Waals surface area (Å²) in [6.45, 7) is 1.87. The number of benzene rings is 2. The summed E-state index contributed by atoms with van der Waals surface area (Å²) in [5.41, 5.74) is 0.105. The molecule has 2 aliphatic heterocycles. The predicted molar refractivity (Wildman–Crippen MR) is 145 cm³/mol. The molecule has 1 N–H and O–H groups in total. The smallest absolute Gasteiger partial charge is 0.416 e. The third kappa shape index (κ3) is 3.90. The Morgan fingerprint density at radius 1 is 1.17 bits per heavy atom. The second-order valence-corrected chi connectivity index (χ2v) is 12.3. The first-order valence-corrected chi connectivity index (χ1v) is 14.4. The minimum Gasteiger partial charge on any atom is -0.493 e. The van der Waals surface area contributed by atoms with Crippen LogP contribution in [0, 0.1) is 17.8 Å². The maximum atomic E-state index is 13.3. The quantitative estimate of drug-likeness (QED) is 0.564. The van der Waals surface area contributed by atoms with Crippen molar-refractivity contribution in [2.75, 3.05) is 27.2 Å². The van der Waals surface area contributed by atoms with E-state index in [-0.39, 0.29) is 12.1 Å². The number of ether oxygens (including phenoxy) is 2. The molecule has 41 heavy (non-hydrogen) atoms. The van der Waals surface area contributed by atoms with E-state index in [0.717, 1.165) is 43.6 Å². The Morgan fingerprint density at radius 2 is 1.93 bits per heavy atom. The summed E-state index contributed by atoms with van der Waals surface area (Å²) >= 11 is 0. The van der Waals surface area contributed by atoms with Crippen molar-refractivity contribution in [3.05, 3.63) is 58.7 Å². The van der Waals surface area contributed by atoms with Crippen LogP contribution in [0.3, 0.4) is 0 Å². The molecule has 5 aliphatic rings. The first-order valence-electron chi connectivity index (χ1n) is 14.4. The van der Waals surface area contributed by atoms with Gasteiger partial charge in [0.1, 0.15) is 6.10 Å². The van der Waals surface area contributed by atoms with Crippen LogP contribution in [-0.4, -0.2) is 71.8 Å². The van der Waals surface area contributed by atoms with Gasteiger partial charge in [0.15, 0.2) is 11.5 Å². The number of carbonyl (C=O) groups is 1. The van der Waals surface area contributed by atoms with Crippen LogP contribution in [0.1, 0.15) is 54.4 Å². The minimum absolute atomic E-state index is 0.0174. The van der Waals surface area contributed by atoms with Crippen LogP contribution in [0.5, 0.6) is 11.5 Å². The second-order valence-electron chi connectivity index (χ2n) is 12.3. The molecule has 1 amide bonds. The van der Waals surface area contributed by atoms with Gasteiger partial charge in [-0.25, -0.2) is 0 Å². The fraction of sp³-hybridized carbons (Fsp3) is 0.531. The molecular weight excluding hydrogens is 533 g/mol. The molecule has 0 aromatic heterocycles. The highest BCUT2D eigenvalue weighted by molar-refractivity contribution is 5.94. The van der Waals surface area contributed by atoms with Crippen molar-refractivity contribution in [1.29, 1.82) is 0 Å². The number of amides is 1. The van der Waals surface area contributed by atoms with E-state index < -0.39 is 34.8 Å². The fourth-order valence-electron chi connectivity index (χ4n) is 8.11. The summed E-state index contributed by atoms with van der Waals surface area (Å²) in [5, 5.41) is 12.7. The third-order valence-corrected chi connectivity index (χ3v) is 10.3. The largest absolute Gasteiger partial charge is 0.493 e. The molecule has 2 saturated carbocycles. The van der Waals surface area contributed by atoms with Gasteiger partial charge in [0, 0.05) is 36.7 Å². The molecule has 9 heteroatoms. The molecule has 0 unspecified atom stereocenters. The Bertz CT molecular complexity index is 1460. The lowest BCUT2D eigenvalue weighted by Gasteiger charge is -2.64. The molecular formula is C32H33F3N2O4. The first-order chi connectivity index (χ1) is 19.6. The van der Waals surface area contributed by atoms with Gasteiger partial charge in [-0.05, 0) is 86.9 Å². The SMILES string of the molecule is COc1ccc2c3c1O[C@H]1[C@H](N(C)C(=O)C#Cc4ccc(C(F)(F)F)cc4)CC[C@@]4(O)[C@@H](C2)N(CC2CC2)CC[C@]314. The van der Waals surface area contributed by atoms with Gasteiger partial charge in [0.2, 0.25) is 0 Å². The number of methoxy groups -OCH3 is 1. The lowest BCUT2D eigenvalue weighted by atomic mass is 9.48. The maximum Gasteiger partial charge on any atom is 0.416 e. The lowest BCUT2D eigenvalue weighted by molar-refractivity contribution is -0.199. The van der Waals surface area contributed by atoms with Crippen LogP contribution in [0.15, 0.2) is 36.4 Å². The van der Waals surface area contributed by atoms with E-state index >= 15 is 0 Å². The van der Waals surface area contributed by atoms with E-state index in [4.69, 9.17) is 9.47 Å². The summed E-state index contributed by atoms with van der Waals surface area (Å²) < 4.78 is 51.2.